The standard InChI is InChI=1S/C15H22N4O4/c1-11(12-8-6-7-9-13(12)19(21)22)10-23-15(20)16-14(17(2)3)18(4)5/h6-9,11H,10H2,1-5H3. The Hall–Kier alpha value is -2.64. The molecule has 0 N–H and O–H groups in total. The van der Waals surface area contributed by atoms with Gasteiger partial charge in [-0.3, -0.25) is 10.1 Å². The molecule has 0 aliphatic carbocycles. The van der Waals surface area contributed by atoms with Gasteiger partial charge >= 0.3 is 6.09 Å². The number of carbonyl (C=O) groups excluding carboxylic acids is 1. The van der Waals surface area contributed by atoms with Gasteiger partial charge in [-0.05, 0) is 0 Å². The lowest BCUT2D eigenvalue weighted by Crippen LogP contribution is -2.36. The molecule has 0 spiro atoms. The molecule has 0 aliphatic rings. The summed E-state index contributed by atoms with van der Waals surface area (Å²) >= 11 is 0. The Morgan fingerprint density at radius 1 is 1.26 bits per heavy atom. The third-order valence-corrected chi connectivity index (χ3v) is 3.11. The highest BCUT2D eigenvalue weighted by atomic mass is 16.6. The number of nitro benzene ring substituents is 1. The number of aliphatic imine (C=N–C) groups is 1. The summed E-state index contributed by atoms with van der Waals surface area (Å²) in [6.45, 7) is 1.78. The van der Waals surface area contributed by atoms with E-state index in [1.807, 2.05) is 0 Å². The molecule has 1 amide bonds. The van der Waals surface area contributed by atoms with Crippen molar-refractivity contribution < 1.29 is 14.5 Å². The van der Waals surface area contributed by atoms with Crippen molar-refractivity contribution in [3.8, 4) is 0 Å². The number of para-hydroxylation sites is 1. The minimum atomic E-state index is -0.729. The summed E-state index contributed by atoms with van der Waals surface area (Å²) < 4.78 is 5.12. The Kier molecular flexibility index (Phi) is 6.49. The van der Waals surface area contributed by atoms with Crippen LogP contribution in [0.2, 0.25) is 0 Å². The molecule has 0 saturated carbocycles. The van der Waals surface area contributed by atoms with E-state index in [1.165, 1.54) is 6.07 Å². The molecular weight excluding hydrogens is 300 g/mol. The highest BCUT2D eigenvalue weighted by Gasteiger charge is 2.19. The summed E-state index contributed by atoms with van der Waals surface area (Å²) in [7, 11) is 7.06. The van der Waals surface area contributed by atoms with Crippen LogP contribution in [0.1, 0.15) is 18.4 Å². The highest BCUT2D eigenvalue weighted by molar-refractivity contribution is 5.89. The SMILES string of the molecule is CC(COC(=O)N=C(N(C)C)N(C)C)c1ccccc1[N+](=O)[O-]. The largest absolute Gasteiger partial charge is 0.447 e. The van der Waals surface area contributed by atoms with Crippen molar-refractivity contribution in [3.63, 3.8) is 0 Å². The Balaban J connectivity index is 2.77. The molecule has 8 nitrogen and oxygen atoms in total. The van der Waals surface area contributed by atoms with Crippen LogP contribution < -0.4 is 0 Å². The van der Waals surface area contributed by atoms with Gasteiger partial charge < -0.3 is 14.5 Å². The number of hydrogen-bond donors (Lipinski definition) is 0. The molecule has 8 heteroatoms. The van der Waals surface area contributed by atoms with Gasteiger partial charge in [0.25, 0.3) is 5.69 Å². The normalized spacial score (nSPS) is 11.3. The molecule has 0 bridgehead atoms. The van der Waals surface area contributed by atoms with E-state index in [0.717, 1.165) is 0 Å². The van der Waals surface area contributed by atoms with E-state index in [2.05, 4.69) is 4.99 Å². The van der Waals surface area contributed by atoms with Crippen LogP contribution in [0.15, 0.2) is 29.3 Å². The number of benzene rings is 1. The van der Waals surface area contributed by atoms with Gasteiger partial charge in [0.2, 0.25) is 5.96 Å². The van der Waals surface area contributed by atoms with Crippen molar-refractivity contribution in [1.82, 2.24) is 9.80 Å². The average molecular weight is 322 g/mol. The lowest BCUT2D eigenvalue weighted by Gasteiger charge is -2.22. The molecule has 1 unspecified atom stereocenters. The Morgan fingerprint density at radius 2 is 1.83 bits per heavy atom. The molecule has 1 aromatic rings. The van der Waals surface area contributed by atoms with Crippen LogP contribution in [0.5, 0.6) is 0 Å². The summed E-state index contributed by atoms with van der Waals surface area (Å²) in [6, 6.07) is 6.41. The summed E-state index contributed by atoms with van der Waals surface area (Å²) in [5.74, 6) is 0.145. The number of nitro groups is 1. The maximum Gasteiger partial charge on any atom is 0.436 e. The van der Waals surface area contributed by atoms with Crippen LogP contribution in [0.4, 0.5) is 10.5 Å². The van der Waals surface area contributed by atoms with E-state index in [-0.39, 0.29) is 18.2 Å². The van der Waals surface area contributed by atoms with Crippen molar-refractivity contribution in [2.45, 2.75) is 12.8 Å². The number of nitrogens with zero attached hydrogens (tertiary/aromatic N) is 4. The first-order chi connectivity index (χ1) is 10.7. The number of amides is 1. The van der Waals surface area contributed by atoms with Gasteiger partial charge in [0.1, 0.15) is 6.61 Å². The fourth-order valence-corrected chi connectivity index (χ4v) is 2.07. The second kappa shape index (κ2) is 8.11. The molecule has 0 fully saturated rings. The first-order valence-corrected chi connectivity index (χ1v) is 7.07. The lowest BCUT2D eigenvalue weighted by atomic mass is 10.0. The van der Waals surface area contributed by atoms with Crippen molar-refractivity contribution in [3.05, 3.63) is 39.9 Å². The molecular formula is C15H22N4O4. The monoisotopic (exact) mass is 322 g/mol. The maximum absolute atomic E-state index is 11.8. The quantitative estimate of drug-likeness (QED) is 0.366. The van der Waals surface area contributed by atoms with Gasteiger partial charge in [-0.2, -0.15) is 0 Å². The van der Waals surface area contributed by atoms with Gasteiger partial charge in [-0.15, -0.1) is 4.99 Å². The van der Waals surface area contributed by atoms with Crippen LogP contribution in [0.3, 0.4) is 0 Å². The van der Waals surface area contributed by atoms with Crippen LogP contribution in [0, 0.1) is 10.1 Å². The minimum absolute atomic E-state index is 0.0152. The van der Waals surface area contributed by atoms with Crippen LogP contribution in [0.25, 0.3) is 0 Å². The number of ether oxygens (including phenoxy) is 1. The first-order valence-electron chi connectivity index (χ1n) is 7.07. The van der Waals surface area contributed by atoms with E-state index in [4.69, 9.17) is 4.74 Å². The summed E-state index contributed by atoms with van der Waals surface area (Å²) in [4.78, 5) is 29.6. The van der Waals surface area contributed by atoms with Gasteiger partial charge in [0, 0.05) is 45.7 Å². The number of carbonyl (C=O) groups is 1. The molecule has 1 aromatic carbocycles. The fraction of sp³-hybridized carbons (Fsp3) is 0.467. The zero-order chi connectivity index (χ0) is 17.6. The number of guanidine groups is 1. The van der Waals surface area contributed by atoms with Crippen molar-refractivity contribution >= 4 is 17.7 Å². The molecule has 126 valence electrons. The van der Waals surface area contributed by atoms with E-state index in [9.17, 15) is 14.9 Å². The Bertz CT molecular complexity index is 589. The maximum atomic E-state index is 11.8. The molecule has 0 aromatic heterocycles. The molecule has 0 saturated heterocycles. The van der Waals surface area contributed by atoms with Crippen LogP contribution >= 0.6 is 0 Å². The topological polar surface area (TPSA) is 88.3 Å². The predicted molar refractivity (Wildman–Crippen MR) is 87.7 cm³/mol. The second-order valence-electron chi connectivity index (χ2n) is 5.49. The predicted octanol–water partition coefficient (Wildman–Crippen LogP) is 2.31. The van der Waals surface area contributed by atoms with E-state index >= 15 is 0 Å². The number of hydrogen-bond acceptors (Lipinski definition) is 4. The lowest BCUT2D eigenvalue weighted by molar-refractivity contribution is -0.385. The number of rotatable bonds is 4. The Labute approximate surface area is 135 Å². The van der Waals surface area contributed by atoms with Crippen LogP contribution in [-0.2, 0) is 4.74 Å². The van der Waals surface area contributed by atoms with E-state index < -0.39 is 11.0 Å². The Morgan fingerprint density at radius 3 is 2.35 bits per heavy atom. The molecule has 1 atom stereocenters. The summed E-state index contributed by atoms with van der Waals surface area (Å²) in [5.41, 5.74) is 0.538. The van der Waals surface area contributed by atoms with Crippen molar-refractivity contribution in [2.24, 2.45) is 4.99 Å². The third kappa shape index (κ3) is 5.24. The average Bonchev–Trinajstić information content (AvgIpc) is 2.49. The second-order valence-corrected chi connectivity index (χ2v) is 5.49. The molecule has 1 rings (SSSR count). The molecule has 0 heterocycles. The highest BCUT2D eigenvalue weighted by Crippen LogP contribution is 2.26. The molecule has 0 radical (unpaired) electrons. The third-order valence-electron chi connectivity index (χ3n) is 3.11. The van der Waals surface area contributed by atoms with E-state index in [0.29, 0.717) is 11.5 Å². The van der Waals surface area contributed by atoms with Crippen LogP contribution in [-0.4, -0.2) is 61.6 Å². The summed E-state index contributed by atoms with van der Waals surface area (Å²) in [6.07, 6.45) is -0.729. The fourth-order valence-electron chi connectivity index (χ4n) is 2.07. The minimum Gasteiger partial charge on any atom is -0.447 e. The zero-order valence-electron chi connectivity index (χ0n) is 14.0. The molecule has 0 aliphatic heterocycles. The van der Waals surface area contributed by atoms with Gasteiger partial charge in [0.05, 0.1) is 4.92 Å². The van der Waals surface area contributed by atoms with E-state index in [1.54, 1.807) is 63.1 Å². The van der Waals surface area contributed by atoms with Gasteiger partial charge in [0.15, 0.2) is 0 Å². The van der Waals surface area contributed by atoms with Crippen molar-refractivity contribution in [2.75, 3.05) is 34.8 Å². The summed E-state index contributed by atoms with van der Waals surface area (Å²) in [5, 5.41) is 11.0. The smallest absolute Gasteiger partial charge is 0.436 e. The molecule has 23 heavy (non-hydrogen) atoms. The van der Waals surface area contributed by atoms with Crippen molar-refractivity contribution in [1.29, 1.82) is 0 Å². The zero-order valence-corrected chi connectivity index (χ0v) is 14.0. The van der Waals surface area contributed by atoms with Gasteiger partial charge in [-0.1, -0.05) is 25.1 Å². The first kappa shape index (κ1) is 18.4. The van der Waals surface area contributed by atoms with Gasteiger partial charge in [-0.25, -0.2) is 4.79 Å².